The second-order valence-corrected chi connectivity index (χ2v) is 5.51. The average molecular weight is 284 g/mol. The molecule has 1 heterocycles. The molecular weight excluding hydrogens is 260 g/mol. The molecule has 3 heteroatoms. The first-order valence-corrected chi connectivity index (χ1v) is 7.58. The van der Waals surface area contributed by atoms with Gasteiger partial charge in [-0.15, -0.1) is 0 Å². The van der Waals surface area contributed by atoms with Crippen LogP contribution in [0, 0.1) is 0 Å². The average Bonchev–Trinajstić information content (AvgIpc) is 2.54. The van der Waals surface area contributed by atoms with Crippen LogP contribution in [0.25, 0.3) is 11.1 Å². The summed E-state index contributed by atoms with van der Waals surface area (Å²) in [6.45, 7) is 4.61. The Bertz CT molecular complexity index is 525. The third kappa shape index (κ3) is 4.66. The Labute approximate surface area is 127 Å². The molecular formula is C18H24N2O. The van der Waals surface area contributed by atoms with Crippen LogP contribution in [0.15, 0.2) is 48.8 Å². The molecule has 2 N–H and O–H groups in total. The molecule has 0 aliphatic heterocycles. The number of hydrogen-bond acceptors (Lipinski definition) is 3. The van der Waals surface area contributed by atoms with E-state index < -0.39 is 0 Å². The van der Waals surface area contributed by atoms with Crippen LogP contribution in [0.5, 0.6) is 0 Å². The SMILES string of the molecule is CC(CCCO)NC(C)c1ccc(-c2ccncc2)cc1. The Morgan fingerprint density at radius 2 is 1.62 bits per heavy atom. The fourth-order valence-corrected chi connectivity index (χ4v) is 2.51. The van der Waals surface area contributed by atoms with Gasteiger partial charge in [0.1, 0.15) is 0 Å². The fraction of sp³-hybridized carbons (Fsp3) is 0.389. The summed E-state index contributed by atoms with van der Waals surface area (Å²) in [4.78, 5) is 4.05. The molecule has 2 atom stereocenters. The van der Waals surface area contributed by atoms with Crippen LogP contribution in [0.2, 0.25) is 0 Å². The molecule has 0 bridgehead atoms. The summed E-state index contributed by atoms with van der Waals surface area (Å²) < 4.78 is 0. The molecule has 1 aromatic carbocycles. The van der Waals surface area contributed by atoms with Crippen molar-refractivity contribution in [3.05, 3.63) is 54.4 Å². The van der Waals surface area contributed by atoms with Gasteiger partial charge in [-0.3, -0.25) is 4.98 Å². The molecule has 0 aliphatic carbocycles. The zero-order chi connectivity index (χ0) is 15.1. The summed E-state index contributed by atoms with van der Waals surface area (Å²) in [5.41, 5.74) is 3.68. The van der Waals surface area contributed by atoms with Gasteiger partial charge in [0.2, 0.25) is 0 Å². The smallest absolute Gasteiger partial charge is 0.0431 e. The zero-order valence-corrected chi connectivity index (χ0v) is 12.8. The number of rotatable bonds is 7. The van der Waals surface area contributed by atoms with E-state index in [-0.39, 0.29) is 6.61 Å². The highest BCUT2D eigenvalue weighted by Gasteiger charge is 2.09. The van der Waals surface area contributed by atoms with E-state index in [1.165, 1.54) is 16.7 Å². The molecule has 2 aromatic rings. The first-order chi connectivity index (χ1) is 10.2. The van der Waals surface area contributed by atoms with Crippen molar-refractivity contribution >= 4 is 0 Å². The van der Waals surface area contributed by atoms with Gasteiger partial charge in [0.05, 0.1) is 0 Å². The molecule has 2 unspecified atom stereocenters. The quantitative estimate of drug-likeness (QED) is 0.817. The highest BCUT2D eigenvalue weighted by Crippen LogP contribution is 2.21. The number of nitrogens with zero attached hydrogens (tertiary/aromatic N) is 1. The van der Waals surface area contributed by atoms with E-state index in [0.29, 0.717) is 12.1 Å². The van der Waals surface area contributed by atoms with E-state index >= 15 is 0 Å². The Hall–Kier alpha value is -1.71. The first kappa shape index (κ1) is 15.7. The molecule has 0 saturated heterocycles. The number of hydrogen-bond donors (Lipinski definition) is 2. The first-order valence-electron chi connectivity index (χ1n) is 7.58. The van der Waals surface area contributed by atoms with E-state index in [4.69, 9.17) is 5.11 Å². The van der Waals surface area contributed by atoms with Crippen LogP contribution in [0.4, 0.5) is 0 Å². The lowest BCUT2D eigenvalue weighted by molar-refractivity contribution is 0.274. The molecule has 0 radical (unpaired) electrons. The minimum absolute atomic E-state index is 0.265. The maximum Gasteiger partial charge on any atom is 0.0431 e. The summed E-state index contributed by atoms with van der Waals surface area (Å²) in [5, 5.41) is 12.4. The van der Waals surface area contributed by atoms with Gasteiger partial charge in [-0.2, -0.15) is 0 Å². The summed E-state index contributed by atoms with van der Waals surface area (Å²) in [6.07, 6.45) is 5.48. The highest BCUT2D eigenvalue weighted by atomic mass is 16.2. The molecule has 0 fully saturated rings. The number of pyridine rings is 1. The number of benzene rings is 1. The summed E-state index contributed by atoms with van der Waals surface area (Å²) >= 11 is 0. The molecule has 1 aromatic heterocycles. The summed E-state index contributed by atoms with van der Waals surface area (Å²) in [7, 11) is 0. The van der Waals surface area contributed by atoms with Gasteiger partial charge >= 0.3 is 0 Å². The Morgan fingerprint density at radius 3 is 2.24 bits per heavy atom. The second kappa shape index (κ2) is 7.91. The Morgan fingerprint density at radius 1 is 1.00 bits per heavy atom. The minimum Gasteiger partial charge on any atom is -0.396 e. The van der Waals surface area contributed by atoms with Gasteiger partial charge in [0.15, 0.2) is 0 Å². The van der Waals surface area contributed by atoms with Crippen LogP contribution in [-0.4, -0.2) is 22.7 Å². The standard InChI is InChI=1S/C18H24N2O/c1-14(4-3-13-21)20-15(2)16-5-7-17(8-6-16)18-9-11-19-12-10-18/h5-12,14-15,20-21H,3-4,13H2,1-2H3. The van der Waals surface area contributed by atoms with Crippen molar-refractivity contribution in [2.24, 2.45) is 0 Å². The molecule has 112 valence electrons. The fourth-order valence-electron chi connectivity index (χ4n) is 2.51. The molecule has 21 heavy (non-hydrogen) atoms. The van der Waals surface area contributed by atoms with Crippen LogP contribution in [0.3, 0.4) is 0 Å². The number of aromatic nitrogens is 1. The predicted octanol–water partition coefficient (Wildman–Crippen LogP) is 3.56. The molecule has 0 spiro atoms. The van der Waals surface area contributed by atoms with Crippen LogP contribution >= 0.6 is 0 Å². The monoisotopic (exact) mass is 284 g/mol. The largest absolute Gasteiger partial charge is 0.396 e. The van der Waals surface area contributed by atoms with Crippen LogP contribution < -0.4 is 5.32 Å². The van der Waals surface area contributed by atoms with Crippen molar-refractivity contribution in [2.45, 2.75) is 38.8 Å². The molecule has 3 nitrogen and oxygen atoms in total. The van der Waals surface area contributed by atoms with E-state index in [1.807, 2.05) is 24.5 Å². The molecule has 2 rings (SSSR count). The van der Waals surface area contributed by atoms with E-state index in [1.54, 1.807) is 0 Å². The minimum atomic E-state index is 0.265. The third-order valence-corrected chi connectivity index (χ3v) is 3.75. The Kier molecular flexibility index (Phi) is 5.90. The van der Waals surface area contributed by atoms with E-state index in [2.05, 4.69) is 48.4 Å². The van der Waals surface area contributed by atoms with Gasteiger partial charge in [0.25, 0.3) is 0 Å². The van der Waals surface area contributed by atoms with Crippen molar-refractivity contribution < 1.29 is 5.11 Å². The maximum atomic E-state index is 8.87. The number of nitrogens with one attached hydrogen (secondary N) is 1. The zero-order valence-electron chi connectivity index (χ0n) is 12.8. The maximum absolute atomic E-state index is 8.87. The normalized spacial score (nSPS) is 13.9. The number of aliphatic hydroxyl groups excluding tert-OH is 1. The number of aliphatic hydroxyl groups is 1. The van der Waals surface area contributed by atoms with Crippen molar-refractivity contribution in [1.29, 1.82) is 0 Å². The highest BCUT2D eigenvalue weighted by molar-refractivity contribution is 5.62. The molecule has 0 aliphatic rings. The summed E-state index contributed by atoms with van der Waals surface area (Å²) in [5.74, 6) is 0. The topological polar surface area (TPSA) is 45.1 Å². The van der Waals surface area contributed by atoms with Crippen molar-refractivity contribution in [3.63, 3.8) is 0 Å². The lowest BCUT2D eigenvalue weighted by atomic mass is 10.0. The second-order valence-electron chi connectivity index (χ2n) is 5.51. The van der Waals surface area contributed by atoms with Gasteiger partial charge < -0.3 is 10.4 Å². The van der Waals surface area contributed by atoms with Gasteiger partial charge in [-0.05, 0) is 55.5 Å². The van der Waals surface area contributed by atoms with E-state index in [0.717, 1.165) is 12.8 Å². The van der Waals surface area contributed by atoms with Crippen molar-refractivity contribution in [2.75, 3.05) is 6.61 Å². The summed E-state index contributed by atoms with van der Waals surface area (Å²) in [6, 6.07) is 13.4. The van der Waals surface area contributed by atoms with Gasteiger partial charge in [-0.25, -0.2) is 0 Å². The lowest BCUT2D eigenvalue weighted by Gasteiger charge is -2.20. The molecule has 0 amide bonds. The van der Waals surface area contributed by atoms with Crippen molar-refractivity contribution in [3.8, 4) is 11.1 Å². The third-order valence-electron chi connectivity index (χ3n) is 3.75. The Balaban J connectivity index is 1.98. The van der Waals surface area contributed by atoms with Crippen LogP contribution in [0.1, 0.15) is 38.3 Å². The van der Waals surface area contributed by atoms with E-state index in [9.17, 15) is 0 Å². The van der Waals surface area contributed by atoms with Crippen LogP contribution in [-0.2, 0) is 0 Å². The van der Waals surface area contributed by atoms with Crippen molar-refractivity contribution in [1.82, 2.24) is 10.3 Å². The lowest BCUT2D eigenvalue weighted by Crippen LogP contribution is -2.29. The van der Waals surface area contributed by atoms with Gasteiger partial charge in [-0.1, -0.05) is 24.3 Å². The molecule has 0 saturated carbocycles. The van der Waals surface area contributed by atoms with Gasteiger partial charge in [0, 0.05) is 31.1 Å². The predicted molar refractivity (Wildman–Crippen MR) is 87.0 cm³/mol.